The van der Waals surface area contributed by atoms with Crippen LogP contribution in [0.1, 0.15) is 5.56 Å². The van der Waals surface area contributed by atoms with Crippen LogP contribution in [0.2, 0.25) is 0 Å². The first-order chi connectivity index (χ1) is 13.0. The molecule has 4 rings (SSSR count). The molecule has 0 aliphatic heterocycles. The highest BCUT2D eigenvalue weighted by atomic mass is 32.2. The second kappa shape index (κ2) is 7.34. The predicted molar refractivity (Wildman–Crippen MR) is 112 cm³/mol. The number of benzene rings is 3. The molecule has 0 amide bonds. The first-order valence-corrected chi connectivity index (χ1v) is 11.3. The molecule has 4 aromatic rings. The van der Waals surface area contributed by atoms with Gasteiger partial charge in [0, 0.05) is 4.90 Å². The smallest absolute Gasteiger partial charge is 0.261 e. The minimum Gasteiger partial charge on any atom is -0.278 e. The Hall–Kier alpha value is -2.35. The number of aryl methyl sites for hydroxylation is 1. The van der Waals surface area contributed by atoms with E-state index >= 15 is 0 Å². The molecule has 136 valence electrons. The van der Waals surface area contributed by atoms with Gasteiger partial charge in [0.2, 0.25) is 0 Å². The average Bonchev–Trinajstić information content (AvgIpc) is 3.06. The first-order valence-electron chi connectivity index (χ1n) is 8.23. The van der Waals surface area contributed by atoms with E-state index in [-0.39, 0.29) is 4.90 Å². The molecule has 1 N–H and O–H groups in total. The van der Waals surface area contributed by atoms with Crippen molar-refractivity contribution in [2.24, 2.45) is 0 Å². The highest BCUT2D eigenvalue weighted by Crippen LogP contribution is 2.38. The molecule has 0 bridgehead atoms. The summed E-state index contributed by atoms with van der Waals surface area (Å²) in [5.74, 6) is 0. The molecule has 1 heterocycles. The number of rotatable bonds is 5. The van der Waals surface area contributed by atoms with Gasteiger partial charge in [-0.25, -0.2) is 13.4 Å². The fourth-order valence-electron chi connectivity index (χ4n) is 2.55. The number of para-hydroxylation sites is 2. The van der Waals surface area contributed by atoms with E-state index in [2.05, 4.69) is 9.71 Å². The zero-order chi connectivity index (χ0) is 18.9. The molecule has 0 saturated heterocycles. The fourth-order valence-corrected chi connectivity index (χ4v) is 5.80. The largest absolute Gasteiger partial charge is 0.278 e. The van der Waals surface area contributed by atoms with Gasteiger partial charge in [0.15, 0.2) is 4.34 Å². The lowest BCUT2D eigenvalue weighted by molar-refractivity contribution is 0.601. The van der Waals surface area contributed by atoms with Gasteiger partial charge in [-0.1, -0.05) is 53.7 Å². The first kappa shape index (κ1) is 18.0. The van der Waals surface area contributed by atoms with E-state index in [0.29, 0.717) is 5.69 Å². The van der Waals surface area contributed by atoms with Crippen molar-refractivity contribution >= 4 is 49.0 Å². The van der Waals surface area contributed by atoms with E-state index < -0.39 is 10.0 Å². The van der Waals surface area contributed by atoms with Crippen LogP contribution >= 0.6 is 23.1 Å². The van der Waals surface area contributed by atoms with E-state index in [9.17, 15) is 8.42 Å². The molecule has 0 radical (unpaired) electrons. The van der Waals surface area contributed by atoms with Gasteiger partial charge in [0.05, 0.1) is 20.8 Å². The number of fused-ring (bicyclic) bond motifs is 1. The molecule has 27 heavy (non-hydrogen) atoms. The van der Waals surface area contributed by atoms with E-state index in [1.54, 1.807) is 41.7 Å². The van der Waals surface area contributed by atoms with Crippen LogP contribution in [0.4, 0.5) is 5.69 Å². The lowest BCUT2D eigenvalue weighted by atomic mass is 10.2. The number of aromatic nitrogens is 1. The Balaban J connectivity index is 1.63. The SMILES string of the molecule is Cc1ccc(S(=O)(=O)Nc2ccccc2Sc2nc3ccccc3s2)cc1. The maximum atomic E-state index is 12.7. The topological polar surface area (TPSA) is 59.1 Å². The maximum absolute atomic E-state index is 12.7. The van der Waals surface area contributed by atoms with E-state index in [0.717, 1.165) is 25.0 Å². The molecule has 0 aliphatic rings. The summed E-state index contributed by atoms with van der Waals surface area (Å²) in [7, 11) is -3.65. The van der Waals surface area contributed by atoms with Crippen LogP contribution in [0, 0.1) is 6.92 Å². The van der Waals surface area contributed by atoms with Crippen molar-refractivity contribution in [1.82, 2.24) is 4.98 Å². The van der Waals surface area contributed by atoms with Crippen LogP contribution in [0.5, 0.6) is 0 Å². The maximum Gasteiger partial charge on any atom is 0.261 e. The van der Waals surface area contributed by atoms with E-state index in [4.69, 9.17) is 0 Å². The minimum atomic E-state index is -3.65. The summed E-state index contributed by atoms with van der Waals surface area (Å²) in [6, 6.07) is 22.1. The van der Waals surface area contributed by atoms with Crippen molar-refractivity contribution in [2.75, 3.05) is 4.72 Å². The Morgan fingerprint density at radius 2 is 1.63 bits per heavy atom. The molecule has 0 atom stereocenters. The van der Waals surface area contributed by atoms with Gasteiger partial charge in [-0.15, -0.1) is 11.3 Å². The molecule has 0 unspecified atom stereocenters. The van der Waals surface area contributed by atoms with Gasteiger partial charge >= 0.3 is 0 Å². The van der Waals surface area contributed by atoms with Crippen molar-refractivity contribution in [2.45, 2.75) is 21.1 Å². The van der Waals surface area contributed by atoms with Crippen LogP contribution in [0.25, 0.3) is 10.2 Å². The molecule has 0 saturated carbocycles. The summed E-state index contributed by atoms with van der Waals surface area (Å²) in [6.07, 6.45) is 0. The molecular weight excluding hydrogens is 396 g/mol. The lowest BCUT2D eigenvalue weighted by Gasteiger charge is -2.11. The van der Waals surface area contributed by atoms with Crippen molar-refractivity contribution in [3.8, 4) is 0 Å². The number of sulfonamides is 1. The van der Waals surface area contributed by atoms with Crippen molar-refractivity contribution in [3.63, 3.8) is 0 Å². The Labute approximate surface area is 166 Å². The summed E-state index contributed by atoms with van der Waals surface area (Å²) < 4.78 is 30.1. The van der Waals surface area contributed by atoms with Gasteiger partial charge in [-0.05, 0) is 43.3 Å². The average molecular weight is 413 g/mol. The van der Waals surface area contributed by atoms with Crippen molar-refractivity contribution < 1.29 is 8.42 Å². The molecule has 0 spiro atoms. The lowest BCUT2D eigenvalue weighted by Crippen LogP contribution is -2.13. The predicted octanol–water partition coefficient (Wildman–Crippen LogP) is 5.56. The quantitative estimate of drug-likeness (QED) is 0.466. The van der Waals surface area contributed by atoms with Crippen molar-refractivity contribution in [1.29, 1.82) is 0 Å². The Morgan fingerprint density at radius 3 is 2.41 bits per heavy atom. The normalized spacial score (nSPS) is 11.6. The number of hydrogen-bond acceptors (Lipinski definition) is 5. The molecule has 0 fully saturated rings. The summed E-state index contributed by atoms with van der Waals surface area (Å²) in [4.78, 5) is 5.67. The van der Waals surface area contributed by atoms with Crippen LogP contribution in [-0.2, 0) is 10.0 Å². The van der Waals surface area contributed by atoms with Gasteiger partial charge < -0.3 is 0 Å². The number of nitrogens with zero attached hydrogens (tertiary/aromatic N) is 1. The Kier molecular flexibility index (Phi) is 4.90. The van der Waals surface area contributed by atoms with Gasteiger partial charge in [-0.3, -0.25) is 4.72 Å². The molecule has 3 aromatic carbocycles. The third-order valence-electron chi connectivity index (χ3n) is 3.93. The number of anilines is 1. The zero-order valence-electron chi connectivity index (χ0n) is 14.4. The van der Waals surface area contributed by atoms with Gasteiger partial charge in [0.1, 0.15) is 0 Å². The van der Waals surface area contributed by atoms with E-state index in [1.165, 1.54) is 11.8 Å². The second-order valence-corrected chi connectivity index (χ2v) is 9.97. The minimum absolute atomic E-state index is 0.243. The summed E-state index contributed by atoms with van der Waals surface area (Å²) in [5.41, 5.74) is 2.51. The molecule has 1 aromatic heterocycles. The van der Waals surface area contributed by atoms with Crippen LogP contribution in [0.3, 0.4) is 0 Å². The second-order valence-electron chi connectivity index (χ2n) is 5.96. The van der Waals surface area contributed by atoms with Crippen LogP contribution in [0.15, 0.2) is 86.9 Å². The van der Waals surface area contributed by atoms with Crippen molar-refractivity contribution in [3.05, 3.63) is 78.4 Å². The summed E-state index contributed by atoms with van der Waals surface area (Å²) in [6.45, 7) is 1.92. The highest BCUT2D eigenvalue weighted by Gasteiger charge is 2.17. The number of thiazole rings is 1. The van der Waals surface area contributed by atoms with Crippen LogP contribution < -0.4 is 4.72 Å². The standard InChI is InChI=1S/C20H16N2O2S3/c1-14-10-12-15(13-11-14)27(23,24)22-17-7-3-5-9-19(17)26-20-21-16-6-2-4-8-18(16)25-20/h2-13,22H,1H3. The number of hydrogen-bond donors (Lipinski definition) is 1. The third kappa shape index (κ3) is 4.00. The highest BCUT2D eigenvalue weighted by molar-refractivity contribution is 8.01. The molecular formula is C20H16N2O2S3. The molecule has 4 nitrogen and oxygen atoms in total. The Bertz CT molecular complexity index is 1170. The molecule has 0 aliphatic carbocycles. The van der Waals surface area contributed by atoms with Gasteiger partial charge in [0.25, 0.3) is 10.0 Å². The van der Waals surface area contributed by atoms with E-state index in [1.807, 2.05) is 49.4 Å². The zero-order valence-corrected chi connectivity index (χ0v) is 16.9. The Morgan fingerprint density at radius 1 is 0.926 bits per heavy atom. The summed E-state index contributed by atoms with van der Waals surface area (Å²) in [5, 5.41) is 0. The van der Waals surface area contributed by atoms with Crippen LogP contribution in [-0.4, -0.2) is 13.4 Å². The number of nitrogens with one attached hydrogen (secondary N) is 1. The third-order valence-corrected chi connectivity index (χ3v) is 7.49. The molecule has 7 heteroatoms. The van der Waals surface area contributed by atoms with Gasteiger partial charge in [-0.2, -0.15) is 0 Å². The summed E-state index contributed by atoms with van der Waals surface area (Å²) >= 11 is 3.05. The fraction of sp³-hybridized carbons (Fsp3) is 0.0500. The monoisotopic (exact) mass is 412 g/mol.